The molecular formula is C8H17N3O3. The van der Waals surface area contributed by atoms with Crippen molar-refractivity contribution in [3.63, 3.8) is 0 Å². The number of rotatable bonds is 6. The van der Waals surface area contributed by atoms with E-state index < -0.39 is 17.9 Å². The minimum absolute atomic E-state index is 0.0622. The van der Waals surface area contributed by atoms with E-state index in [-0.39, 0.29) is 12.5 Å². The highest BCUT2D eigenvalue weighted by Gasteiger charge is 2.19. The summed E-state index contributed by atoms with van der Waals surface area (Å²) >= 11 is 0. The van der Waals surface area contributed by atoms with Crippen LogP contribution in [0.2, 0.25) is 0 Å². The highest BCUT2D eigenvalue weighted by Crippen LogP contribution is 2.04. The van der Waals surface area contributed by atoms with E-state index in [1.54, 1.807) is 0 Å². The molecule has 0 radical (unpaired) electrons. The van der Waals surface area contributed by atoms with Crippen molar-refractivity contribution in [2.45, 2.75) is 26.3 Å². The summed E-state index contributed by atoms with van der Waals surface area (Å²) < 4.78 is 0. The third kappa shape index (κ3) is 4.78. The summed E-state index contributed by atoms with van der Waals surface area (Å²) in [6.45, 7) is 3.44. The van der Waals surface area contributed by atoms with E-state index >= 15 is 0 Å². The monoisotopic (exact) mass is 203 g/mol. The second kappa shape index (κ2) is 6.33. The molecule has 0 saturated carbocycles. The predicted octanol–water partition coefficient (Wildman–Crippen LogP) is -1.11. The minimum atomic E-state index is -0.651. The Bertz CT molecular complexity index is 208. The second-order valence-corrected chi connectivity index (χ2v) is 3.13. The molecule has 0 aromatic carbocycles. The van der Waals surface area contributed by atoms with Crippen LogP contribution in [-0.4, -0.2) is 24.5 Å². The fourth-order valence-corrected chi connectivity index (χ4v) is 0.759. The van der Waals surface area contributed by atoms with Crippen LogP contribution in [0, 0.1) is 5.92 Å². The molecule has 2 atom stereocenters. The molecule has 0 heterocycles. The van der Waals surface area contributed by atoms with Crippen LogP contribution < -0.4 is 16.9 Å². The highest BCUT2D eigenvalue weighted by molar-refractivity contribution is 5.81. The van der Waals surface area contributed by atoms with Gasteiger partial charge in [-0.15, -0.1) is 0 Å². The SMILES string of the molecule is CCC(C)C(N)C(=O)NOCC(N)=O. The Labute approximate surface area is 82.9 Å². The van der Waals surface area contributed by atoms with Crippen molar-refractivity contribution < 1.29 is 14.4 Å². The van der Waals surface area contributed by atoms with Gasteiger partial charge in [-0.3, -0.25) is 14.4 Å². The molecule has 0 aliphatic rings. The summed E-state index contributed by atoms with van der Waals surface area (Å²) in [4.78, 5) is 26.0. The van der Waals surface area contributed by atoms with E-state index in [0.717, 1.165) is 6.42 Å². The molecule has 82 valence electrons. The van der Waals surface area contributed by atoms with Crippen LogP contribution in [0.3, 0.4) is 0 Å². The van der Waals surface area contributed by atoms with Gasteiger partial charge in [0.1, 0.15) is 0 Å². The van der Waals surface area contributed by atoms with Gasteiger partial charge in [0.2, 0.25) is 5.91 Å². The van der Waals surface area contributed by atoms with Gasteiger partial charge in [0.25, 0.3) is 5.91 Å². The third-order valence-electron chi connectivity index (χ3n) is 1.95. The van der Waals surface area contributed by atoms with Gasteiger partial charge in [-0.25, -0.2) is 5.48 Å². The quantitative estimate of drug-likeness (QED) is 0.476. The van der Waals surface area contributed by atoms with Crippen molar-refractivity contribution in [2.24, 2.45) is 17.4 Å². The zero-order chi connectivity index (χ0) is 11.1. The van der Waals surface area contributed by atoms with E-state index in [0.29, 0.717) is 0 Å². The Kier molecular flexibility index (Phi) is 5.82. The van der Waals surface area contributed by atoms with Gasteiger partial charge in [0.05, 0.1) is 6.04 Å². The highest BCUT2D eigenvalue weighted by atomic mass is 16.7. The maximum absolute atomic E-state index is 11.2. The van der Waals surface area contributed by atoms with E-state index in [1.807, 2.05) is 13.8 Å². The first kappa shape index (κ1) is 12.9. The molecule has 0 aromatic heterocycles. The van der Waals surface area contributed by atoms with Gasteiger partial charge < -0.3 is 11.5 Å². The maximum atomic E-state index is 11.2. The first-order chi connectivity index (χ1) is 6.49. The van der Waals surface area contributed by atoms with E-state index in [4.69, 9.17) is 11.5 Å². The predicted molar refractivity (Wildman–Crippen MR) is 50.7 cm³/mol. The van der Waals surface area contributed by atoms with E-state index in [9.17, 15) is 9.59 Å². The number of hydrogen-bond donors (Lipinski definition) is 3. The Morgan fingerprint density at radius 3 is 2.50 bits per heavy atom. The molecular weight excluding hydrogens is 186 g/mol. The lowest BCUT2D eigenvalue weighted by Crippen LogP contribution is -2.45. The molecule has 0 spiro atoms. The lowest BCUT2D eigenvalue weighted by molar-refractivity contribution is -0.139. The molecule has 5 N–H and O–H groups in total. The number of primary amides is 1. The number of carbonyl (C=O) groups is 2. The van der Waals surface area contributed by atoms with Crippen molar-refractivity contribution in [3.05, 3.63) is 0 Å². The molecule has 0 aromatic rings. The van der Waals surface area contributed by atoms with Crippen LogP contribution in [0.5, 0.6) is 0 Å². The fourth-order valence-electron chi connectivity index (χ4n) is 0.759. The summed E-state index contributed by atoms with van der Waals surface area (Å²) in [5, 5.41) is 0. The smallest absolute Gasteiger partial charge is 0.260 e. The van der Waals surface area contributed by atoms with Gasteiger partial charge in [-0.2, -0.15) is 0 Å². The maximum Gasteiger partial charge on any atom is 0.260 e. The molecule has 6 nitrogen and oxygen atoms in total. The number of nitrogens with one attached hydrogen (secondary N) is 1. The molecule has 0 saturated heterocycles. The fraction of sp³-hybridized carbons (Fsp3) is 0.750. The van der Waals surface area contributed by atoms with E-state index in [2.05, 4.69) is 10.3 Å². The molecule has 0 bridgehead atoms. The zero-order valence-electron chi connectivity index (χ0n) is 8.45. The van der Waals surface area contributed by atoms with Crippen LogP contribution in [0.1, 0.15) is 20.3 Å². The molecule has 0 aliphatic heterocycles. The number of amides is 2. The Morgan fingerprint density at radius 2 is 2.07 bits per heavy atom. The van der Waals surface area contributed by atoms with Crippen LogP contribution >= 0.6 is 0 Å². The van der Waals surface area contributed by atoms with Crippen molar-refractivity contribution in [1.29, 1.82) is 0 Å². The van der Waals surface area contributed by atoms with Crippen LogP contribution in [0.4, 0.5) is 0 Å². The van der Waals surface area contributed by atoms with Crippen molar-refractivity contribution in [1.82, 2.24) is 5.48 Å². The van der Waals surface area contributed by atoms with Crippen molar-refractivity contribution >= 4 is 11.8 Å². The summed E-state index contributed by atoms with van der Waals surface area (Å²) in [5.41, 5.74) is 12.4. The average Bonchev–Trinajstić information content (AvgIpc) is 2.14. The summed E-state index contributed by atoms with van der Waals surface area (Å²) in [6, 6.07) is -0.632. The first-order valence-corrected chi connectivity index (χ1v) is 4.44. The van der Waals surface area contributed by atoms with Crippen LogP contribution in [0.25, 0.3) is 0 Å². The zero-order valence-corrected chi connectivity index (χ0v) is 8.45. The number of carbonyl (C=O) groups excluding carboxylic acids is 2. The molecule has 0 fully saturated rings. The van der Waals surface area contributed by atoms with Gasteiger partial charge in [0, 0.05) is 0 Å². The van der Waals surface area contributed by atoms with Crippen molar-refractivity contribution in [2.75, 3.05) is 6.61 Å². The van der Waals surface area contributed by atoms with Crippen LogP contribution in [0.15, 0.2) is 0 Å². The number of nitrogens with two attached hydrogens (primary N) is 2. The first-order valence-electron chi connectivity index (χ1n) is 4.44. The van der Waals surface area contributed by atoms with Gasteiger partial charge in [0.15, 0.2) is 6.61 Å². The summed E-state index contributed by atoms with van der Waals surface area (Å²) in [6.07, 6.45) is 0.796. The van der Waals surface area contributed by atoms with Gasteiger partial charge in [-0.05, 0) is 5.92 Å². The molecule has 2 unspecified atom stereocenters. The Morgan fingerprint density at radius 1 is 1.50 bits per heavy atom. The molecule has 14 heavy (non-hydrogen) atoms. The minimum Gasteiger partial charge on any atom is -0.368 e. The number of hydroxylamine groups is 1. The van der Waals surface area contributed by atoms with Gasteiger partial charge >= 0.3 is 0 Å². The van der Waals surface area contributed by atoms with Crippen molar-refractivity contribution in [3.8, 4) is 0 Å². The standard InChI is InChI=1S/C8H17N3O3/c1-3-5(2)7(10)8(13)11-14-4-6(9)12/h5,7H,3-4,10H2,1-2H3,(H2,9,12)(H,11,13). The lowest BCUT2D eigenvalue weighted by atomic mass is 10.00. The molecule has 0 rings (SSSR count). The largest absolute Gasteiger partial charge is 0.368 e. The lowest BCUT2D eigenvalue weighted by Gasteiger charge is -2.16. The third-order valence-corrected chi connectivity index (χ3v) is 1.95. The summed E-state index contributed by atoms with van der Waals surface area (Å²) in [5.74, 6) is -1.03. The number of hydrogen-bond acceptors (Lipinski definition) is 4. The molecule has 6 heteroatoms. The van der Waals surface area contributed by atoms with E-state index in [1.165, 1.54) is 0 Å². The summed E-state index contributed by atoms with van der Waals surface area (Å²) in [7, 11) is 0. The Balaban J connectivity index is 3.78. The second-order valence-electron chi connectivity index (χ2n) is 3.13. The molecule has 2 amide bonds. The molecule has 0 aliphatic carbocycles. The average molecular weight is 203 g/mol. The van der Waals surface area contributed by atoms with Gasteiger partial charge in [-0.1, -0.05) is 20.3 Å². The Hall–Kier alpha value is -1.14. The van der Waals surface area contributed by atoms with Crippen LogP contribution in [-0.2, 0) is 14.4 Å². The normalized spacial score (nSPS) is 14.5. The topological polar surface area (TPSA) is 107 Å².